The zero-order valence-corrected chi connectivity index (χ0v) is 25.8. The second kappa shape index (κ2) is 9.65. The third-order valence-electron chi connectivity index (χ3n) is 11.4. The monoisotopic (exact) mass is 585 g/mol. The van der Waals surface area contributed by atoms with Crippen LogP contribution in [0.15, 0.2) is 85.1 Å². The zero-order chi connectivity index (χ0) is 30.3. The second-order valence-electron chi connectivity index (χ2n) is 14.6. The first-order valence-corrected chi connectivity index (χ1v) is 16.4. The maximum Gasteiger partial charge on any atom is 0.182 e. The summed E-state index contributed by atoms with van der Waals surface area (Å²) in [6, 6.07) is 29.6. The van der Waals surface area contributed by atoms with Crippen molar-refractivity contribution < 1.29 is 0 Å². The molecule has 220 valence electrons. The van der Waals surface area contributed by atoms with Gasteiger partial charge < -0.3 is 0 Å². The minimum Gasteiger partial charge on any atom is -0.253 e. The van der Waals surface area contributed by atoms with Gasteiger partial charge in [0.25, 0.3) is 0 Å². The van der Waals surface area contributed by atoms with Crippen LogP contribution >= 0.6 is 0 Å². The van der Waals surface area contributed by atoms with Gasteiger partial charge in [-0.2, -0.15) is 5.26 Å². The predicted molar refractivity (Wildman–Crippen MR) is 176 cm³/mol. The van der Waals surface area contributed by atoms with Gasteiger partial charge in [-0.05, 0) is 120 Å². The van der Waals surface area contributed by atoms with Gasteiger partial charge in [-0.25, -0.2) is 15.0 Å². The molecule has 4 saturated carbocycles. The SMILES string of the molecule is CC1(C)c2ccc(C34CC5CC(CC(C5)C3)C4)cc2-c2ccc(-c3nc(-c4cccc(C#N)c4)nc(-c4ccccn4)n3)cc21. The second-order valence-corrected chi connectivity index (χ2v) is 14.6. The summed E-state index contributed by atoms with van der Waals surface area (Å²) in [6.07, 6.45) is 10.3. The minimum absolute atomic E-state index is 0.137. The molecule has 0 spiro atoms. The van der Waals surface area contributed by atoms with Crippen molar-refractivity contribution in [2.75, 3.05) is 0 Å². The fraction of sp³-hybridized carbons (Fsp3) is 0.325. The number of rotatable bonds is 4. The van der Waals surface area contributed by atoms with Crippen molar-refractivity contribution in [3.8, 4) is 51.5 Å². The molecular weight excluding hydrogens is 550 g/mol. The molecule has 0 aliphatic heterocycles. The molecule has 5 aliphatic carbocycles. The number of fused-ring (bicyclic) bond motifs is 3. The van der Waals surface area contributed by atoms with Crippen LogP contribution in [0.5, 0.6) is 0 Å². The first-order valence-electron chi connectivity index (χ1n) is 16.4. The Morgan fingerprint density at radius 2 is 1.38 bits per heavy atom. The van der Waals surface area contributed by atoms with E-state index in [4.69, 9.17) is 15.0 Å². The predicted octanol–water partition coefficient (Wildman–Crippen LogP) is 8.91. The topological polar surface area (TPSA) is 75.3 Å². The Morgan fingerprint density at radius 1 is 0.667 bits per heavy atom. The van der Waals surface area contributed by atoms with Gasteiger partial charge in [0.1, 0.15) is 5.69 Å². The summed E-state index contributed by atoms with van der Waals surface area (Å²) in [6.45, 7) is 4.69. The summed E-state index contributed by atoms with van der Waals surface area (Å²) >= 11 is 0. The molecule has 5 heteroatoms. The van der Waals surface area contributed by atoms with Crippen molar-refractivity contribution in [2.24, 2.45) is 17.8 Å². The number of nitriles is 1. The number of nitrogens with zero attached hydrogens (tertiary/aromatic N) is 5. The van der Waals surface area contributed by atoms with E-state index in [-0.39, 0.29) is 5.41 Å². The highest BCUT2D eigenvalue weighted by Gasteiger charge is 2.52. The van der Waals surface area contributed by atoms with Crippen LogP contribution < -0.4 is 0 Å². The van der Waals surface area contributed by atoms with Crippen molar-refractivity contribution in [2.45, 2.75) is 63.2 Å². The maximum absolute atomic E-state index is 9.52. The van der Waals surface area contributed by atoms with Crippen molar-refractivity contribution in [1.82, 2.24) is 19.9 Å². The van der Waals surface area contributed by atoms with Crippen molar-refractivity contribution in [1.29, 1.82) is 5.26 Å². The fourth-order valence-corrected chi connectivity index (χ4v) is 9.66. The van der Waals surface area contributed by atoms with E-state index in [1.165, 1.54) is 60.8 Å². The van der Waals surface area contributed by atoms with E-state index in [9.17, 15) is 5.26 Å². The summed E-state index contributed by atoms with van der Waals surface area (Å²) in [5.74, 6) is 4.44. The van der Waals surface area contributed by atoms with Crippen LogP contribution in [-0.4, -0.2) is 19.9 Å². The van der Waals surface area contributed by atoms with Crippen LogP contribution in [-0.2, 0) is 10.8 Å². The number of hydrogen-bond acceptors (Lipinski definition) is 5. The van der Waals surface area contributed by atoms with Crippen molar-refractivity contribution in [3.63, 3.8) is 0 Å². The molecule has 0 amide bonds. The molecular formula is C40H35N5. The Labute approximate surface area is 264 Å². The lowest BCUT2D eigenvalue weighted by Gasteiger charge is -2.57. The van der Waals surface area contributed by atoms with Crippen LogP contribution in [0.3, 0.4) is 0 Å². The third-order valence-corrected chi connectivity index (χ3v) is 11.4. The number of pyridine rings is 1. The van der Waals surface area contributed by atoms with Crippen LogP contribution in [0.1, 0.15) is 74.6 Å². The van der Waals surface area contributed by atoms with E-state index in [2.05, 4.69) is 61.3 Å². The number of hydrogen-bond donors (Lipinski definition) is 0. The zero-order valence-electron chi connectivity index (χ0n) is 25.8. The van der Waals surface area contributed by atoms with E-state index >= 15 is 0 Å². The normalized spacial score (nSPS) is 25.0. The van der Waals surface area contributed by atoms with Crippen molar-refractivity contribution >= 4 is 0 Å². The van der Waals surface area contributed by atoms with Gasteiger partial charge in [-0.1, -0.05) is 62.4 Å². The van der Waals surface area contributed by atoms with E-state index in [1.54, 1.807) is 17.8 Å². The highest BCUT2D eigenvalue weighted by Crippen LogP contribution is 2.61. The van der Waals surface area contributed by atoms with Gasteiger partial charge >= 0.3 is 0 Å². The average Bonchev–Trinajstić information content (AvgIpc) is 3.29. The lowest BCUT2D eigenvalue weighted by Crippen LogP contribution is -2.48. The molecule has 5 aliphatic rings. The summed E-state index contributed by atoms with van der Waals surface area (Å²) in [5.41, 5.74) is 10.2. The minimum atomic E-state index is -0.137. The van der Waals surface area contributed by atoms with Gasteiger partial charge in [0.05, 0.1) is 11.6 Å². The molecule has 5 nitrogen and oxygen atoms in total. The van der Waals surface area contributed by atoms with E-state index in [0.717, 1.165) is 28.9 Å². The van der Waals surface area contributed by atoms with Gasteiger partial charge in [0.15, 0.2) is 17.5 Å². The molecule has 0 atom stereocenters. The van der Waals surface area contributed by atoms with Gasteiger partial charge in [-0.15, -0.1) is 0 Å². The van der Waals surface area contributed by atoms with Crippen LogP contribution in [0.25, 0.3) is 45.4 Å². The van der Waals surface area contributed by atoms with Gasteiger partial charge in [-0.3, -0.25) is 4.98 Å². The summed E-state index contributed by atoms with van der Waals surface area (Å²) in [5, 5.41) is 9.52. The van der Waals surface area contributed by atoms with E-state index < -0.39 is 0 Å². The molecule has 45 heavy (non-hydrogen) atoms. The summed E-state index contributed by atoms with van der Waals surface area (Å²) in [7, 11) is 0. The van der Waals surface area contributed by atoms with Crippen molar-refractivity contribution in [3.05, 3.63) is 107 Å². The maximum atomic E-state index is 9.52. The lowest BCUT2D eigenvalue weighted by atomic mass is 9.48. The molecule has 10 rings (SSSR count). The Morgan fingerprint density at radius 3 is 2.07 bits per heavy atom. The molecule has 4 fully saturated rings. The smallest absolute Gasteiger partial charge is 0.182 e. The van der Waals surface area contributed by atoms with E-state index in [1.807, 2.05) is 36.4 Å². The van der Waals surface area contributed by atoms with Crippen LogP contribution in [0.2, 0.25) is 0 Å². The van der Waals surface area contributed by atoms with E-state index in [0.29, 0.717) is 34.1 Å². The standard InChI is InChI=1S/C40H35N5/c1-39(2)33-12-10-30(40-20-25-14-26(21-40)16-27(15-25)22-40)19-32(33)31-11-9-29(18-34(31)39)37-43-36(28-7-5-6-24(17-28)23-41)44-38(45-37)35-8-3-4-13-42-35/h3-13,17-19,25-27H,14-16,20-22H2,1-2H3. The first-order chi connectivity index (χ1) is 21.9. The molecule has 0 radical (unpaired) electrons. The Balaban J connectivity index is 1.15. The molecule has 3 aromatic carbocycles. The molecule has 0 unspecified atom stereocenters. The summed E-state index contributed by atoms with van der Waals surface area (Å²) in [4.78, 5) is 19.2. The molecule has 4 bridgehead atoms. The summed E-state index contributed by atoms with van der Waals surface area (Å²) < 4.78 is 0. The van der Waals surface area contributed by atoms with Gasteiger partial charge in [0.2, 0.25) is 0 Å². The number of aromatic nitrogens is 4. The average molecular weight is 586 g/mol. The van der Waals surface area contributed by atoms with Crippen LogP contribution in [0, 0.1) is 29.1 Å². The quantitative estimate of drug-likeness (QED) is 0.210. The largest absolute Gasteiger partial charge is 0.253 e. The third kappa shape index (κ3) is 4.19. The molecule has 5 aromatic rings. The molecule has 2 aromatic heterocycles. The van der Waals surface area contributed by atoms with Crippen LogP contribution in [0.4, 0.5) is 0 Å². The highest BCUT2D eigenvalue weighted by atomic mass is 15.0. The highest BCUT2D eigenvalue weighted by molar-refractivity contribution is 5.83. The fourth-order valence-electron chi connectivity index (χ4n) is 9.66. The Bertz CT molecular complexity index is 2000. The lowest BCUT2D eigenvalue weighted by molar-refractivity contribution is -0.00517. The Hall–Kier alpha value is -4.69. The molecule has 0 N–H and O–H groups in total. The number of benzene rings is 3. The van der Waals surface area contributed by atoms with Gasteiger partial charge in [0, 0.05) is 22.7 Å². The molecule has 0 saturated heterocycles. The first kappa shape index (κ1) is 26.7. The molecule has 2 heterocycles. The Kier molecular flexibility index (Phi) is 5.73.